The van der Waals surface area contributed by atoms with Crippen molar-refractivity contribution in [3.63, 3.8) is 0 Å². The molecule has 0 aliphatic carbocycles. The van der Waals surface area contributed by atoms with Gasteiger partial charge in [0.25, 0.3) is 0 Å². The van der Waals surface area contributed by atoms with Gasteiger partial charge in [-0.25, -0.2) is 13.1 Å². The third-order valence-corrected chi connectivity index (χ3v) is 0.865. The number of hydrogen-bond donors (Lipinski definition) is 2. The van der Waals surface area contributed by atoms with E-state index in [1.54, 1.807) is 13.3 Å². The predicted molar refractivity (Wildman–Crippen MR) is 28.3 cm³/mol. The average molecular weight is 122 g/mol. The van der Waals surface area contributed by atoms with Crippen molar-refractivity contribution in [1.82, 2.24) is 4.72 Å². The largest absolute Gasteiger partial charge is 0.217 e. The molecule has 1 radical (unpaired) electrons. The van der Waals surface area contributed by atoms with E-state index in [1.165, 1.54) is 0 Å². The highest BCUT2D eigenvalue weighted by Crippen LogP contribution is 1.63. The molecule has 0 aromatic rings. The van der Waals surface area contributed by atoms with E-state index in [2.05, 4.69) is 4.72 Å². The Hall–Kier alpha value is -0.0900. The van der Waals surface area contributed by atoms with Gasteiger partial charge in [-0.2, -0.15) is 0 Å². The molecule has 43 valence electrons. The van der Waals surface area contributed by atoms with Crippen molar-refractivity contribution in [1.29, 1.82) is 0 Å². The SMILES string of the molecule is C[CH]CN[SH](=O)=O. The molecule has 0 saturated carbocycles. The number of rotatable bonds is 3. The van der Waals surface area contributed by atoms with Crippen LogP contribution in [0.15, 0.2) is 0 Å². The quantitative estimate of drug-likeness (QED) is 0.487. The third kappa shape index (κ3) is 5.91. The van der Waals surface area contributed by atoms with E-state index < -0.39 is 10.9 Å². The predicted octanol–water partition coefficient (Wildman–Crippen LogP) is -0.673. The Balaban J connectivity index is 2.98. The molecule has 0 aromatic carbocycles. The molecule has 0 amide bonds. The Labute approximate surface area is 44.8 Å². The lowest BCUT2D eigenvalue weighted by atomic mass is 10.5. The molecular formula is C3H8NO2S. The highest BCUT2D eigenvalue weighted by molar-refractivity contribution is 7.70. The van der Waals surface area contributed by atoms with Gasteiger partial charge in [0.05, 0.1) is 0 Å². The molecule has 0 aromatic heterocycles. The zero-order chi connectivity index (χ0) is 5.70. The van der Waals surface area contributed by atoms with Crippen molar-refractivity contribution in [2.75, 3.05) is 6.54 Å². The molecule has 1 N–H and O–H groups in total. The van der Waals surface area contributed by atoms with Gasteiger partial charge in [-0.05, 0) is 6.42 Å². The van der Waals surface area contributed by atoms with Gasteiger partial charge in [-0.1, -0.05) is 6.92 Å². The molecule has 0 aliphatic heterocycles. The fourth-order valence-corrected chi connectivity index (χ4v) is 0.497. The van der Waals surface area contributed by atoms with E-state index in [-0.39, 0.29) is 0 Å². The van der Waals surface area contributed by atoms with Crippen LogP contribution in [0, 0.1) is 6.42 Å². The lowest BCUT2D eigenvalue weighted by Gasteiger charge is -1.85. The molecule has 0 atom stereocenters. The minimum absolute atomic E-state index is 0.429. The van der Waals surface area contributed by atoms with Crippen LogP contribution in [-0.4, -0.2) is 15.0 Å². The second-order valence-electron chi connectivity index (χ2n) is 1.03. The smallest absolute Gasteiger partial charge is 0.201 e. The lowest BCUT2D eigenvalue weighted by Crippen LogP contribution is -2.11. The van der Waals surface area contributed by atoms with E-state index in [0.29, 0.717) is 6.54 Å². The normalized spacial score (nSPS) is 10.0. The Morgan fingerprint density at radius 3 is 2.43 bits per heavy atom. The summed E-state index contributed by atoms with van der Waals surface area (Å²) in [5, 5.41) is 0. The third-order valence-electron chi connectivity index (χ3n) is 0.425. The van der Waals surface area contributed by atoms with Crippen molar-refractivity contribution in [3.05, 3.63) is 6.42 Å². The molecule has 0 rings (SSSR count). The van der Waals surface area contributed by atoms with Gasteiger partial charge in [0.1, 0.15) is 0 Å². The van der Waals surface area contributed by atoms with E-state index in [0.717, 1.165) is 0 Å². The van der Waals surface area contributed by atoms with Crippen molar-refractivity contribution in [2.24, 2.45) is 0 Å². The summed E-state index contributed by atoms with van der Waals surface area (Å²) in [7, 11) is -2.39. The molecule has 7 heavy (non-hydrogen) atoms. The van der Waals surface area contributed by atoms with Crippen LogP contribution in [0.3, 0.4) is 0 Å². The van der Waals surface area contributed by atoms with E-state index in [9.17, 15) is 8.42 Å². The molecule has 4 heteroatoms. The standard InChI is InChI=1S/C3H8NO2S/c1-2-3-4-7(5)6/h2,7H,3H2,1H3,(H,4,5,6). The van der Waals surface area contributed by atoms with Crippen LogP contribution < -0.4 is 4.72 Å². The second-order valence-corrected chi connectivity index (χ2v) is 1.86. The molecule has 0 bridgehead atoms. The Morgan fingerprint density at radius 1 is 1.71 bits per heavy atom. The first-order valence-electron chi connectivity index (χ1n) is 1.93. The minimum Gasteiger partial charge on any atom is -0.217 e. The molecule has 0 spiro atoms. The Morgan fingerprint density at radius 2 is 2.29 bits per heavy atom. The van der Waals surface area contributed by atoms with Crippen LogP contribution in [0.5, 0.6) is 0 Å². The summed E-state index contributed by atoms with van der Waals surface area (Å²) in [5.41, 5.74) is 0. The topological polar surface area (TPSA) is 46.2 Å². The summed E-state index contributed by atoms with van der Waals surface area (Å²) in [6.45, 7) is 2.21. The second kappa shape index (κ2) is 4.08. The van der Waals surface area contributed by atoms with Crippen molar-refractivity contribution in [2.45, 2.75) is 6.92 Å². The molecule has 0 aliphatic rings. The molecule has 0 unspecified atom stereocenters. The number of thiol groups is 1. The first-order chi connectivity index (χ1) is 3.27. The molecule has 0 fully saturated rings. The van der Waals surface area contributed by atoms with Crippen molar-refractivity contribution >= 4 is 10.9 Å². The molecule has 0 saturated heterocycles. The Kier molecular flexibility index (Phi) is 4.03. The van der Waals surface area contributed by atoms with Gasteiger partial charge in [-0.15, -0.1) is 0 Å². The number of hydrogen-bond acceptors (Lipinski definition) is 2. The summed E-state index contributed by atoms with van der Waals surface area (Å²) >= 11 is 0. The fourth-order valence-electron chi connectivity index (χ4n) is 0.166. The van der Waals surface area contributed by atoms with Crippen LogP contribution in [0.4, 0.5) is 0 Å². The van der Waals surface area contributed by atoms with Crippen LogP contribution in [0.2, 0.25) is 0 Å². The summed E-state index contributed by atoms with van der Waals surface area (Å²) in [6.07, 6.45) is 1.73. The average Bonchev–Trinajstić information content (AvgIpc) is 1.61. The first kappa shape index (κ1) is 6.91. The summed E-state index contributed by atoms with van der Waals surface area (Å²) in [4.78, 5) is 0. The van der Waals surface area contributed by atoms with Gasteiger partial charge in [0, 0.05) is 6.54 Å². The first-order valence-corrected chi connectivity index (χ1v) is 3.11. The summed E-state index contributed by atoms with van der Waals surface area (Å²) in [6, 6.07) is 0. The van der Waals surface area contributed by atoms with Crippen LogP contribution in [-0.2, 0) is 10.9 Å². The van der Waals surface area contributed by atoms with Gasteiger partial charge in [0.15, 0.2) is 0 Å². The zero-order valence-corrected chi connectivity index (χ0v) is 4.94. The molecule has 3 nitrogen and oxygen atoms in total. The minimum atomic E-state index is -2.39. The van der Waals surface area contributed by atoms with Gasteiger partial charge >= 0.3 is 0 Å². The fraction of sp³-hybridized carbons (Fsp3) is 0.667. The Bertz CT molecular complexity index is 91.1. The van der Waals surface area contributed by atoms with Crippen molar-refractivity contribution in [3.8, 4) is 0 Å². The van der Waals surface area contributed by atoms with Crippen LogP contribution in [0.25, 0.3) is 0 Å². The van der Waals surface area contributed by atoms with Gasteiger partial charge < -0.3 is 0 Å². The zero-order valence-electron chi connectivity index (χ0n) is 4.05. The monoisotopic (exact) mass is 122 g/mol. The van der Waals surface area contributed by atoms with Crippen LogP contribution in [0.1, 0.15) is 6.92 Å². The summed E-state index contributed by atoms with van der Waals surface area (Å²) in [5.74, 6) is 0. The van der Waals surface area contributed by atoms with Gasteiger partial charge in [0.2, 0.25) is 10.9 Å². The van der Waals surface area contributed by atoms with E-state index in [4.69, 9.17) is 0 Å². The van der Waals surface area contributed by atoms with E-state index in [1.807, 2.05) is 0 Å². The highest BCUT2D eigenvalue weighted by atomic mass is 32.2. The maximum Gasteiger partial charge on any atom is 0.201 e. The van der Waals surface area contributed by atoms with Gasteiger partial charge in [-0.3, -0.25) is 0 Å². The summed E-state index contributed by atoms with van der Waals surface area (Å²) < 4.78 is 21.5. The highest BCUT2D eigenvalue weighted by Gasteiger charge is 1.77. The molecular weight excluding hydrogens is 114 g/mol. The maximum absolute atomic E-state index is 9.66. The maximum atomic E-state index is 9.66. The molecule has 0 heterocycles. The van der Waals surface area contributed by atoms with Crippen molar-refractivity contribution < 1.29 is 8.42 Å². The van der Waals surface area contributed by atoms with E-state index >= 15 is 0 Å². The van der Waals surface area contributed by atoms with Crippen LogP contribution >= 0.6 is 0 Å². The lowest BCUT2D eigenvalue weighted by molar-refractivity contribution is 0.604. The number of nitrogens with one attached hydrogen (secondary N) is 1.